The number of hydrogen-bond donors (Lipinski definition) is 1. The molecule has 1 aromatic heterocycles. The maximum atomic E-state index is 11.0. The van der Waals surface area contributed by atoms with E-state index in [9.17, 15) is 4.79 Å². The van der Waals surface area contributed by atoms with Gasteiger partial charge in [-0.3, -0.25) is 4.68 Å². The molecule has 0 bridgehead atoms. The van der Waals surface area contributed by atoms with Crippen LogP contribution >= 0.6 is 11.8 Å². The van der Waals surface area contributed by atoms with Crippen molar-refractivity contribution in [2.24, 2.45) is 7.05 Å². The summed E-state index contributed by atoms with van der Waals surface area (Å²) < 4.78 is 12.2. The molecule has 0 saturated carbocycles. The van der Waals surface area contributed by atoms with Crippen molar-refractivity contribution < 1.29 is 19.4 Å². The second kappa shape index (κ2) is 6.09. The largest absolute Gasteiger partial charge is 0.493 e. The lowest BCUT2D eigenvalue weighted by Crippen LogP contribution is -1.99. The van der Waals surface area contributed by atoms with Gasteiger partial charge in [-0.2, -0.15) is 5.10 Å². The lowest BCUT2D eigenvalue weighted by atomic mass is 10.1. The van der Waals surface area contributed by atoms with E-state index < -0.39 is 5.97 Å². The predicted molar refractivity (Wildman–Crippen MR) is 80.5 cm³/mol. The highest BCUT2D eigenvalue weighted by Crippen LogP contribution is 2.40. The first kappa shape index (κ1) is 15.2. The molecule has 0 fully saturated rings. The number of aromatic carboxylic acids is 1. The Hall–Kier alpha value is -2.15. The van der Waals surface area contributed by atoms with E-state index in [1.54, 1.807) is 27.3 Å². The maximum Gasteiger partial charge on any atom is 0.356 e. The van der Waals surface area contributed by atoms with Crippen LogP contribution in [0.1, 0.15) is 10.5 Å². The van der Waals surface area contributed by atoms with E-state index in [1.807, 2.05) is 12.3 Å². The molecule has 1 heterocycles. The van der Waals surface area contributed by atoms with E-state index >= 15 is 0 Å². The van der Waals surface area contributed by atoms with Crippen molar-refractivity contribution in [3.8, 4) is 22.8 Å². The van der Waals surface area contributed by atoms with Crippen LogP contribution in [0.5, 0.6) is 11.5 Å². The molecular formula is C14H16N2O4S. The van der Waals surface area contributed by atoms with Gasteiger partial charge in [-0.05, 0) is 24.5 Å². The zero-order valence-corrected chi connectivity index (χ0v) is 13.0. The lowest BCUT2D eigenvalue weighted by molar-refractivity contribution is 0.0689. The van der Waals surface area contributed by atoms with E-state index in [4.69, 9.17) is 14.6 Å². The standard InChI is InChI=1S/C14H16N2O4S/c1-16-10(7-9(15-16)14(17)18)8-5-11(19-2)13(20-3)12(6-8)21-4/h5-7H,1-4H3,(H,17,18). The monoisotopic (exact) mass is 308 g/mol. The Morgan fingerprint density at radius 2 is 2.00 bits per heavy atom. The van der Waals surface area contributed by atoms with Crippen LogP contribution in [0.25, 0.3) is 11.3 Å². The number of ether oxygens (including phenoxy) is 2. The summed E-state index contributed by atoms with van der Waals surface area (Å²) in [5, 5.41) is 13.0. The average Bonchev–Trinajstić information content (AvgIpc) is 2.87. The van der Waals surface area contributed by atoms with Crippen LogP contribution in [-0.2, 0) is 7.05 Å². The number of hydrogen-bond acceptors (Lipinski definition) is 5. The fourth-order valence-corrected chi connectivity index (χ4v) is 2.69. The zero-order chi connectivity index (χ0) is 15.6. The molecule has 0 aliphatic heterocycles. The van der Waals surface area contributed by atoms with Gasteiger partial charge in [0.25, 0.3) is 0 Å². The summed E-state index contributed by atoms with van der Waals surface area (Å²) in [5.74, 6) is 0.203. The first-order valence-electron chi connectivity index (χ1n) is 6.09. The Balaban J connectivity index is 2.61. The molecule has 0 aliphatic rings. The summed E-state index contributed by atoms with van der Waals surface area (Å²) in [6.07, 6.45) is 1.94. The van der Waals surface area contributed by atoms with Gasteiger partial charge in [0.15, 0.2) is 17.2 Å². The highest BCUT2D eigenvalue weighted by Gasteiger charge is 2.17. The SMILES string of the molecule is COc1cc(-c2cc(C(=O)O)nn2C)cc(SC)c1OC. The third kappa shape index (κ3) is 2.82. The number of nitrogens with zero attached hydrogens (tertiary/aromatic N) is 2. The lowest BCUT2D eigenvalue weighted by Gasteiger charge is -2.13. The molecule has 0 unspecified atom stereocenters. The van der Waals surface area contributed by atoms with E-state index in [1.165, 1.54) is 22.5 Å². The molecule has 112 valence electrons. The Bertz CT molecular complexity index is 657. The number of carboxylic acids is 1. The highest BCUT2D eigenvalue weighted by molar-refractivity contribution is 7.98. The smallest absolute Gasteiger partial charge is 0.356 e. The van der Waals surface area contributed by atoms with Crippen molar-refractivity contribution in [3.63, 3.8) is 0 Å². The van der Waals surface area contributed by atoms with Crippen molar-refractivity contribution in [3.05, 3.63) is 23.9 Å². The fraction of sp³-hybridized carbons (Fsp3) is 0.286. The summed E-state index contributed by atoms with van der Waals surface area (Å²) in [4.78, 5) is 11.9. The van der Waals surface area contributed by atoms with Crippen LogP contribution in [-0.4, -0.2) is 41.3 Å². The van der Waals surface area contributed by atoms with Gasteiger partial charge >= 0.3 is 5.97 Å². The molecule has 0 spiro atoms. The van der Waals surface area contributed by atoms with Gasteiger partial charge in [-0.15, -0.1) is 11.8 Å². The van der Waals surface area contributed by atoms with Crippen molar-refractivity contribution in [2.75, 3.05) is 20.5 Å². The maximum absolute atomic E-state index is 11.0. The number of methoxy groups -OCH3 is 2. The summed E-state index contributed by atoms with van der Waals surface area (Å²) in [5.41, 5.74) is 1.52. The molecule has 1 N–H and O–H groups in total. The third-order valence-corrected chi connectivity index (χ3v) is 3.80. The van der Waals surface area contributed by atoms with Crippen molar-refractivity contribution in [1.29, 1.82) is 0 Å². The molecule has 2 rings (SSSR count). The van der Waals surface area contributed by atoms with Gasteiger partial charge in [0.05, 0.1) is 24.8 Å². The first-order chi connectivity index (χ1) is 10.0. The predicted octanol–water partition coefficient (Wildman–Crippen LogP) is 2.52. The van der Waals surface area contributed by atoms with E-state index in [0.29, 0.717) is 17.2 Å². The van der Waals surface area contributed by atoms with Gasteiger partial charge in [0, 0.05) is 12.6 Å². The first-order valence-corrected chi connectivity index (χ1v) is 7.32. The van der Waals surface area contributed by atoms with E-state index in [0.717, 1.165) is 10.5 Å². The van der Waals surface area contributed by atoms with Crippen LogP contribution in [0.15, 0.2) is 23.1 Å². The third-order valence-electron chi connectivity index (χ3n) is 3.06. The molecule has 0 amide bonds. The van der Waals surface area contributed by atoms with Crippen molar-refractivity contribution in [1.82, 2.24) is 9.78 Å². The second-order valence-electron chi connectivity index (χ2n) is 4.26. The fourth-order valence-electron chi connectivity index (χ4n) is 2.07. The Morgan fingerprint density at radius 1 is 1.29 bits per heavy atom. The Kier molecular flexibility index (Phi) is 4.42. The van der Waals surface area contributed by atoms with Gasteiger partial charge < -0.3 is 14.6 Å². The summed E-state index contributed by atoms with van der Waals surface area (Å²) in [6, 6.07) is 5.27. The minimum absolute atomic E-state index is 0.00739. The average molecular weight is 308 g/mol. The quantitative estimate of drug-likeness (QED) is 0.856. The molecule has 21 heavy (non-hydrogen) atoms. The van der Waals surface area contributed by atoms with Crippen molar-refractivity contribution in [2.45, 2.75) is 4.90 Å². The molecule has 6 nitrogen and oxygen atoms in total. The minimum atomic E-state index is -1.05. The molecule has 7 heteroatoms. The summed E-state index contributed by atoms with van der Waals surface area (Å²) in [7, 11) is 4.86. The molecule has 1 aromatic carbocycles. The van der Waals surface area contributed by atoms with Crippen LogP contribution in [0.4, 0.5) is 0 Å². The van der Waals surface area contributed by atoms with Crippen molar-refractivity contribution >= 4 is 17.7 Å². The highest BCUT2D eigenvalue weighted by atomic mass is 32.2. The molecule has 2 aromatic rings. The molecule has 0 radical (unpaired) electrons. The van der Waals surface area contributed by atoms with E-state index in [2.05, 4.69) is 5.10 Å². The summed E-state index contributed by atoms with van der Waals surface area (Å²) >= 11 is 1.53. The number of rotatable bonds is 5. The van der Waals surface area contributed by atoms with Crippen LogP contribution in [0.3, 0.4) is 0 Å². The van der Waals surface area contributed by atoms with Gasteiger partial charge in [0.2, 0.25) is 0 Å². The number of aryl methyl sites for hydroxylation is 1. The normalized spacial score (nSPS) is 10.5. The minimum Gasteiger partial charge on any atom is -0.493 e. The zero-order valence-electron chi connectivity index (χ0n) is 12.2. The molecule has 0 atom stereocenters. The van der Waals surface area contributed by atoms with Gasteiger partial charge in [-0.25, -0.2) is 4.79 Å². The van der Waals surface area contributed by atoms with Gasteiger partial charge in [0.1, 0.15) is 0 Å². The van der Waals surface area contributed by atoms with Gasteiger partial charge in [-0.1, -0.05) is 0 Å². The topological polar surface area (TPSA) is 73.6 Å². The number of aromatic nitrogens is 2. The Morgan fingerprint density at radius 3 is 2.48 bits per heavy atom. The number of benzene rings is 1. The van der Waals surface area contributed by atoms with Crippen LogP contribution < -0.4 is 9.47 Å². The Labute approximate surface area is 126 Å². The van der Waals surface area contributed by atoms with Crippen LogP contribution in [0.2, 0.25) is 0 Å². The second-order valence-corrected chi connectivity index (χ2v) is 5.11. The van der Waals surface area contributed by atoms with Crippen LogP contribution in [0, 0.1) is 0 Å². The molecule has 0 aliphatic carbocycles. The molecule has 0 saturated heterocycles. The number of carboxylic acid groups (broad SMARTS) is 1. The van der Waals surface area contributed by atoms with E-state index in [-0.39, 0.29) is 5.69 Å². The number of carbonyl (C=O) groups is 1. The molecular weight excluding hydrogens is 292 g/mol. The summed E-state index contributed by atoms with van der Waals surface area (Å²) in [6.45, 7) is 0. The number of thioether (sulfide) groups is 1.